The van der Waals surface area contributed by atoms with E-state index in [1.165, 1.54) is 6.33 Å². The van der Waals surface area contributed by atoms with Crippen molar-refractivity contribution in [3.05, 3.63) is 72.1 Å². The smallest absolute Gasteiger partial charge is 0.231 e. The Morgan fingerprint density at radius 2 is 1.73 bits per heavy atom. The Hall–Kier alpha value is -3.15. The minimum atomic E-state index is -0.0856. The number of benzene rings is 2. The molecule has 0 spiro atoms. The maximum absolute atomic E-state index is 12.4. The highest BCUT2D eigenvalue weighted by Gasteiger charge is 2.37. The lowest BCUT2D eigenvalue weighted by molar-refractivity contribution is -0.117. The number of hydrogen-bond acceptors (Lipinski definition) is 4. The van der Waals surface area contributed by atoms with Crippen LogP contribution in [0, 0.1) is 0 Å². The normalized spacial score (nSPS) is 19.1. The average molecular weight is 348 g/mol. The lowest BCUT2D eigenvalue weighted by Gasteiger charge is -2.38. The van der Waals surface area contributed by atoms with E-state index >= 15 is 0 Å². The summed E-state index contributed by atoms with van der Waals surface area (Å²) in [4.78, 5) is 18.5. The zero-order valence-electron chi connectivity index (χ0n) is 14.7. The molecule has 132 valence electrons. The van der Waals surface area contributed by atoms with E-state index in [1.807, 2.05) is 47.1 Å². The van der Waals surface area contributed by atoms with Gasteiger partial charge in [-0.2, -0.15) is 10.1 Å². The van der Waals surface area contributed by atoms with Crippen LogP contribution in [0.15, 0.2) is 60.9 Å². The van der Waals surface area contributed by atoms with E-state index < -0.39 is 0 Å². The van der Waals surface area contributed by atoms with Crippen molar-refractivity contribution < 1.29 is 9.53 Å². The number of hydrogen-bond donors (Lipinski definition) is 0. The van der Waals surface area contributed by atoms with Crippen LogP contribution in [-0.2, 0) is 4.79 Å². The molecule has 0 aliphatic carbocycles. The third kappa shape index (κ3) is 2.73. The Balaban J connectivity index is 1.81. The van der Waals surface area contributed by atoms with Gasteiger partial charge in [-0.3, -0.25) is 9.69 Å². The molecule has 3 aromatic rings. The first-order chi connectivity index (χ1) is 12.7. The van der Waals surface area contributed by atoms with Crippen molar-refractivity contribution in [3.63, 3.8) is 0 Å². The van der Waals surface area contributed by atoms with Gasteiger partial charge in [-0.25, -0.2) is 4.68 Å². The van der Waals surface area contributed by atoms with Crippen LogP contribution in [-0.4, -0.2) is 27.8 Å². The summed E-state index contributed by atoms with van der Waals surface area (Å²) in [5.74, 6) is 1.35. The van der Waals surface area contributed by atoms with Gasteiger partial charge in [-0.15, -0.1) is 0 Å². The molecule has 6 heteroatoms. The van der Waals surface area contributed by atoms with Crippen molar-refractivity contribution in [3.8, 4) is 5.75 Å². The van der Waals surface area contributed by atoms with Crippen LogP contribution in [0.25, 0.3) is 0 Å². The Bertz CT molecular complexity index is 905. The standard InChI is InChI=1S/C20H20N4O2/c1-14(25)23-18(15-6-4-3-5-7-15)12-19(24-20(23)21-13-22-24)16-8-10-17(26-2)11-9-16/h3-11,13,18-19H,12H2,1-2H3/t18-,19-/m1/s1. The largest absolute Gasteiger partial charge is 0.497 e. The second kappa shape index (κ2) is 6.63. The first-order valence-corrected chi connectivity index (χ1v) is 8.57. The number of carbonyl (C=O) groups excluding carboxylic acids is 1. The number of carbonyl (C=O) groups is 1. The number of anilines is 1. The second-order valence-corrected chi connectivity index (χ2v) is 6.34. The molecular weight excluding hydrogens is 328 g/mol. The zero-order chi connectivity index (χ0) is 18.1. The van der Waals surface area contributed by atoms with E-state index in [-0.39, 0.29) is 18.0 Å². The SMILES string of the molecule is COc1ccc([C@H]2C[C@H](c3ccccc3)N(C(C)=O)c3ncnn32)cc1. The molecule has 4 rings (SSSR count). The molecule has 0 unspecified atom stereocenters. The van der Waals surface area contributed by atoms with Crippen LogP contribution in [0.3, 0.4) is 0 Å². The van der Waals surface area contributed by atoms with Crippen LogP contribution < -0.4 is 9.64 Å². The summed E-state index contributed by atoms with van der Waals surface area (Å²) in [6, 6.07) is 18.0. The van der Waals surface area contributed by atoms with E-state index in [0.717, 1.165) is 23.3 Å². The molecule has 26 heavy (non-hydrogen) atoms. The highest BCUT2D eigenvalue weighted by molar-refractivity contribution is 5.90. The quantitative estimate of drug-likeness (QED) is 0.728. The van der Waals surface area contributed by atoms with Crippen LogP contribution in [0.4, 0.5) is 5.95 Å². The predicted molar refractivity (Wildman–Crippen MR) is 98.1 cm³/mol. The molecule has 0 saturated carbocycles. The fraction of sp³-hybridized carbons (Fsp3) is 0.250. The summed E-state index contributed by atoms with van der Waals surface area (Å²) in [5.41, 5.74) is 2.21. The van der Waals surface area contributed by atoms with Gasteiger partial charge in [0, 0.05) is 6.92 Å². The van der Waals surface area contributed by atoms with Crippen molar-refractivity contribution in [1.29, 1.82) is 0 Å². The lowest BCUT2D eigenvalue weighted by atomic mass is 9.92. The van der Waals surface area contributed by atoms with E-state index in [0.29, 0.717) is 5.95 Å². The molecule has 2 atom stereocenters. The Morgan fingerprint density at radius 1 is 1.04 bits per heavy atom. The first-order valence-electron chi connectivity index (χ1n) is 8.57. The monoisotopic (exact) mass is 348 g/mol. The zero-order valence-corrected chi connectivity index (χ0v) is 14.7. The topological polar surface area (TPSA) is 60.2 Å². The van der Waals surface area contributed by atoms with Crippen LogP contribution in [0.1, 0.15) is 36.6 Å². The van der Waals surface area contributed by atoms with Crippen LogP contribution in [0.5, 0.6) is 5.75 Å². The molecule has 0 N–H and O–H groups in total. The lowest BCUT2D eigenvalue weighted by Crippen LogP contribution is -2.41. The van der Waals surface area contributed by atoms with Crippen molar-refractivity contribution in [2.45, 2.75) is 25.4 Å². The summed E-state index contributed by atoms with van der Waals surface area (Å²) in [6.07, 6.45) is 2.24. The third-order valence-corrected chi connectivity index (χ3v) is 4.85. The first kappa shape index (κ1) is 16.3. The summed E-state index contributed by atoms with van der Waals surface area (Å²) < 4.78 is 7.10. The molecule has 0 fully saturated rings. The maximum atomic E-state index is 12.4. The minimum absolute atomic E-state index is 0.000729. The van der Waals surface area contributed by atoms with Crippen molar-refractivity contribution in [1.82, 2.24) is 14.8 Å². The summed E-state index contributed by atoms with van der Waals surface area (Å²) in [6.45, 7) is 1.57. The molecule has 1 aliphatic rings. The van der Waals surface area contributed by atoms with E-state index in [1.54, 1.807) is 18.9 Å². The van der Waals surface area contributed by atoms with Crippen molar-refractivity contribution in [2.24, 2.45) is 0 Å². The number of fused-ring (bicyclic) bond motifs is 1. The molecular formula is C20H20N4O2. The summed E-state index contributed by atoms with van der Waals surface area (Å²) >= 11 is 0. The van der Waals surface area contributed by atoms with Gasteiger partial charge in [-0.1, -0.05) is 42.5 Å². The number of ether oxygens (including phenoxy) is 1. The van der Waals surface area contributed by atoms with Gasteiger partial charge >= 0.3 is 0 Å². The summed E-state index contributed by atoms with van der Waals surface area (Å²) in [7, 11) is 1.65. The summed E-state index contributed by atoms with van der Waals surface area (Å²) in [5, 5.41) is 4.40. The van der Waals surface area contributed by atoms with E-state index in [9.17, 15) is 4.79 Å². The van der Waals surface area contributed by atoms with E-state index in [4.69, 9.17) is 4.74 Å². The second-order valence-electron chi connectivity index (χ2n) is 6.34. The Kier molecular flexibility index (Phi) is 4.16. The molecule has 2 aromatic carbocycles. The van der Waals surface area contributed by atoms with Crippen LogP contribution in [0.2, 0.25) is 0 Å². The fourth-order valence-corrected chi connectivity index (χ4v) is 3.62. The molecule has 6 nitrogen and oxygen atoms in total. The number of methoxy groups -OCH3 is 1. The molecule has 1 aliphatic heterocycles. The van der Waals surface area contributed by atoms with Crippen molar-refractivity contribution >= 4 is 11.9 Å². The van der Waals surface area contributed by atoms with Gasteiger partial charge in [0.2, 0.25) is 11.9 Å². The molecule has 2 heterocycles. The van der Waals surface area contributed by atoms with Gasteiger partial charge in [0.05, 0.1) is 19.2 Å². The van der Waals surface area contributed by atoms with Gasteiger partial charge in [0.1, 0.15) is 12.1 Å². The van der Waals surface area contributed by atoms with E-state index in [2.05, 4.69) is 22.2 Å². The number of nitrogens with zero attached hydrogens (tertiary/aromatic N) is 4. The molecule has 0 bridgehead atoms. The molecule has 0 saturated heterocycles. The number of amides is 1. The maximum Gasteiger partial charge on any atom is 0.231 e. The highest BCUT2D eigenvalue weighted by atomic mass is 16.5. The van der Waals surface area contributed by atoms with Crippen molar-refractivity contribution in [2.75, 3.05) is 12.0 Å². The molecule has 1 aromatic heterocycles. The molecule has 0 radical (unpaired) electrons. The highest BCUT2D eigenvalue weighted by Crippen LogP contribution is 2.41. The fourth-order valence-electron chi connectivity index (χ4n) is 3.62. The number of aromatic nitrogens is 3. The third-order valence-electron chi connectivity index (χ3n) is 4.85. The van der Waals surface area contributed by atoms with Gasteiger partial charge < -0.3 is 4.74 Å². The Morgan fingerprint density at radius 3 is 2.38 bits per heavy atom. The van der Waals surface area contributed by atoms with Gasteiger partial charge in [0.15, 0.2) is 0 Å². The Labute approximate surface area is 152 Å². The average Bonchev–Trinajstić information content (AvgIpc) is 3.17. The van der Waals surface area contributed by atoms with Gasteiger partial charge in [-0.05, 0) is 29.7 Å². The minimum Gasteiger partial charge on any atom is -0.497 e. The van der Waals surface area contributed by atoms with Gasteiger partial charge in [0.25, 0.3) is 0 Å². The predicted octanol–water partition coefficient (Wildman–Crippen LogP) is 3.37. The molecule has 1 amide bonds. The number of rotatable bonds is 3. The van der Waals surface area contributed by atoms with Crippen LogP contribution >= 0.6 is 0 Å².